The average Bonchev–Trinajstić information content (AvgIpc) is 2.42. The first-order valence-corrected chi connectivity index (χ1v) is 9.99. The fourth-order valence-corrected chi connectivity index (χ4v) is 3.44. The van der Waals surface area contributed by atoms with Crippen molar-refractivity contribution >= 4 is 0 Å². The van der Waals surface area contributed by atoms with Crippen molar-refractivity contribution in [3.63, 3.8) is 0 Å². The quantitative estimate of drug-likeness (QED) is 0.478. The first-order chi connectivity index (χ1) is 10.8. The van der Waals surface area contributed by atoms with Gasteiger partial charge in [0, 0.05) is 24.2 Å². The van der Waals surface area contributed by atoms with Crippen molar-refractivity contribution in [2.24, 2.45) is 0 Å². The molecule has 0 fully saturated rings. The molecule has 3 nitrogen and oxygen atoms in total. The highest BCUT2D eigenvalue weighted by atomic mass is 15.2. The fraction of sp³-hybridized carbons (Fsp3) is 1.00. The third-order valence-electron chi connectivity index (χ3n) is 4.69. The Labute approximate surface area is 147 Å². The molecule has 23 heavy (non-hydrogen) atoms. The Hall–Kier alpha value is -0.120. The Kier molecular flexibility index (Phi) is 13.1. The predicted octanol–water partition coefficient (Wildman–Crippen LogP) is 4.37. The van der Waals surface area contributed by atoms with E-state index in [4.69, 9.17) is 0 Å². The molecule has 0 heterocycles. The van der Waals surface area contributed by atoms with E-state index < -0.39 is 0 Å². The number of nitrogens with zero attached hydrogens (tertiary/aromatic N) is 2. The van der Waals surface area contributed by atoms with Gasteiger partial charge in [-0.25, -0.2) is 0 Å². The lowest BCUT2D eigenvalue weighted by molar-refractivity contribution is 0.170. The van der Waals surface area contributed by atoms with Crippen LogP contribution in [0, 0.1) is 0 Å². The van der Waals surface area contributed by atoms with Crippen molar-refractivity contribution in [1.29, 1.82) is 0 Å². The zero-order chi connectivity index (χ0) is 17.8. The van der Waals surface area contributed by atoms with Gasteiger partial charge < -0.3 is 5.32 Å². The molecule has 0 unspecified atom stereocenters. The van der Waals surface area contributed by atoms with E-state index in [0.717, 1.165) is 0 Å². The summed E-state index contributed by atoms with van der Waals surface area (Å²) in [6, 6.07) is 2.64. The van der Waals surface area contributed by atoms with Crippen LogP contribution in [-0.4, -0.2) is 60.1 Å². The monoisotopic (exact) mass is 327 g/mol. The smallest absolute Gasteiger partial charge is 0.00412 e. The Bertz CT molecular complexity index is 220. The van der Waals surface area contributed by atoms with Gasteiger partial charge in [-0.3, -0.25) is 9.80 Å². The fourth-order valence-electron chi connectivity index (χ4n) is 3.44. The van der Waals surface area contributed by atoms with Crippen LogP contribution in [0.1, 0.15) is 81.1 Å². The third-order valence-corrected chi connectivity index (χ3v) is 4.69. The molecule has 0 aliphatic rings. The summed E-state index contributed by atoms with van der Waals surface area (Å²) in [7, 11) is 0. The molecule has 0 saturated heterocycles. The van der Waals surface area contributed by atoms with Crippen LogP contribution in [0.15, 0.2) is 0 Å². The van der Waals surface area contributed by atoms with Crippen LogP contribution in [-0.2, 0) is 0 Å². The van der Waals surface area contributed by atoms with Gasteiger partial charge >= 0.3 is 0 Å². The molecule has 0 atom stereocenters. The van der Waals surface area contributed by atoms with Gasteiger partial charge in [0.05, 0.1) is 0 Å². The summed E-state index contributed by atoms with van der Waals surface area (Å²) < 4.78 is 0. The van der Waals surface area contributed by atoms with Gasteiger partial charge in [-0.05, 0) is 107 Å². The van der Waals surface area contributed by atoms with Crippen LogP contribution >= 0.6 is 0 Å². The second-order valence-electron chi connectivity index (χ2n) is 8.01. The van der Waals surface area contributed by atoms with Gasteiger partial charge in [0.15, 0.2) is 0 Å². The molecular weight excluding hydrogens is 282 g/mol. The number of rotatable bonds is 14. The highest BCUT2D eigenvalue weighted by Gasteiger charge is 2.13. The summed E-state index contributed by atoms with van der Waals surface area (Å²) in [6.45, 7) is 23.2. The Morgan fingerprint density at radius 2 is 0.826 bits per heavy atom. The summed E-state index contributed by atoms with van der Waals surface area (Å²) in [5, 5.41) is 3.61. The largest absolute Gasteiger partial charge is 0.317 e. The van der Waals surface area contributed by atoms with Crippen LogP contribution in [0.3, 0.4) is 0 Å². The molecule has 0 aliphatic carbocycles. The normalized spacial score (nSPS) is 12.8. The Balaban J connectivity index is 3.56. The molecule has 0 aromatic rings. The van der Waals surface area contributed by atoms with Crippen LogP contribution in [0.2, 0.25) is 0 Å². The summed E-state index contributed by atoms with van der Waals surface area (Å²) in [4.78, 5) is 5.18. The van der Waals surface area contributed by atoms with E-state index in [1.54, 1.807) is 0 Å². The standard InChI is InChI=1S/C20H45N3/c1-17(2)22(18(3)4)15-11-9-13-21-14-10-12-16-23(19(5)6)20(7)8/h17-21H,9-16H2,1-8H3. The van der Waals surface area contributed by atoms with Crippen LogP contribution in [0.25, 0.3) is 0 Å². The summed E-state index contributed by atoms with van der Waals surface area (Å²) in [6.07, 6.45) is 5.19. The zero-order valence-electron chi connectivity index (χ0n) is 17.4. The summed E-state index contributed by atoms with van der Waals surface area (Å²) in [5.41, 5.74) is 0. The molecule has 0 saturated carbocycles. The zero-order valence-corrected chi connectivity index (χ0v) is 17.4. The van der Waals surface area contributed by atoms with Crippen molar-refractivity contribution in [2.75, 3.05) is 26.2 Å². The Morgan fingerprint density at radius 1 is 0.522 bits per heavy atom. The molecule has 0 spiro atoms. The van der Waals surface area contributed by atoms with Gasteiger partial charge in [-0.2, -0.15) is 0 Å². The lowest BCUT2D eigenvalue weighted by Crippen LogP contribution is -2.38. The first kappa shape index (κ1) is 22.9. The van der Waals surface area contributed by atoms with Gasteiger partial charge in [0.1, 0.15) is 0 Å². The van der Waals surface area contributed by atoms with Crippen molar-refractivity contribution in [3.05, 3.63) is 0 Å². The first-order valence-electron chi connectivity index (χ1n) is 9.99. The number of unbranched alkanes of at least 4 members (excludes halogenated alkanes) is 2. The Morgan fingerprint density at radius 3 is 1.09 bits per heavy atom. The highest BCUT2D eigenvalue weighted by Crippen LogP contribution is 2.07. The molecule has 0 aromatic heterocycles. The van der Waals surface area contributed by atoms with E-state index in [2.05, 4.69) is 70.5 Å². The van der Waals surface area contributed by atoms with E-state index in [1.165, 1.54) is 51.9 Å². The maximum Gasteiger partial charge on any atom is 0.00412 e. The molecule has 1 N–H and O–H groups in total. The number of hydrogen-bond acceptors (Lipinski definition) is 3. The molecule has 0 rings (SSSR count). The van der Waals surface area contributed by atoms with Gasteiger partial charge in [0.25, 0.3) is 0 Å². The SMILES string of the molecule is CC(C)N(CCCCNCCCCN(C(C)C)C(C)C)C(C)C. The maximum atomic E-state index is 3.61. The molecular formula is C20H45N3. The maximum absolute atomic E-state index is 3.61. The van der Waals surface area contributed by atoms with E-state index in [9.17, 15) is 0 Å². The topological polar surface area (TPSA) is 18.5 Å². The molecule has 140 valence electrons. The molecule has 0 aromatic carbocycles. The van der Waals surface area contributed by atoms with Crippen molar-refractivity contribution in [1.82, 2.24) is 15.1 Å². The highest BCUT2D eigenvalue weighted by molar-refractivity contribution is 4.68. The van der Waals surface area contributed by atoms with Crippen molar-refractivity contribution < 1.29 is 0 Å². The van der Waals surface area contributed by atoms with Gasteiger partial charge in [0.2, 0.25) is 0 Å². The third kappa shape index (κ3) is 11.1. The molecule has 0 radical (unpaired) electrons. The van der Waals surface area contributed by atoms with Crippen LogP contribution in [0.4, 0.5) is 0 Å². The number of hydrogen-bond donors (Lipinski definition) is 1. The molecule has 0 bridgehead atoms. The second-order valence-corrected chi connectivity index (χ2v) is 8.01. The number of nitrogens with one attached hydrogen (secondary N) is 1. The van der Waals surface area contributed by atoms with Crippen LogP contribution < -0.4 is 5.32 Å². The summed E-state index contributed by atoms with van der Waals surface area (Å²) >= 11 is 0. The summed E-state index contributed by atoms with van der Waals surface area (Å²) in [5.74, 6) is 0. The van der Waals surface area contributed by atoms with E-state index in [-0.39, 0.29) is 0 Å². The van der Waals surface area contributed by atoms with Crippen molar-refractivity contribution in [3.8, 4) is 0 Å². The minimum atomic E-state index is 0.660. The van der Waals surface area contributed by atoms with Crippen LogP contribution in [0.5, 0.6) is 0 Å². The molecule has 0 amide bonds. The van der Waals surface area contributed by atoms with Gasteiger partial charge in [-0.1, -0.05) is 0 Å². The molecule has 0 aliphatic heterocycles. The van der Waals surface area contributed by atoms with E-state index in [0.29, 0.717) is 24.2 Å². The van der Waals surface area contributed by atoms with E-state index >= 15 is 0 Å². The second kappa shape index (κ2) is 13.2. The molecule has 3 heteroatoms. The predicted molar refractivity (Wildman–Crippen MR) is 105 cm³/mol. The minimum Gasteiger partial charge on any atom is -0.317 e. The lowest BCUT2D eigenvalue weighted by Gasteiger charge is -2.30. The van der Waals surface area contributed by atoms with Crippen molar-refractivity contribution in [2.45, 2.75) is 105 Å². The van der Waals surface area contributed by atoms with E-state index in [1.807, 2.05) is 0 Å². The van der Waals surface area contributed by atoms with Gasteiger partial charge in [-0.15, -0.1) is 0 Å². The lowest BCUT2D eigenvalue weighted by atomic mass is 10.2. The average molecular weight is 328 g/mol. The minimum absolute atomic E-state index is 0.660.